The maximum absolute atomic E-state index is 10.9. The van der Waals surface area contributed by atoms with E-state index in [1.807, 2.05) is 11.8 Å². The van der Waals surface area contributed by atoms with Crippen LogP contribution < -0.4 is 0 Å². The van der Waals surface area contributed by atoms with Crippen LogP contribution in [0.1, 0.15) is 129 Å². The van der Waals surface area contributed by atoms with Gasteiger partial charge in [-0.2, -0.15) is 11.8 Å². The molecule has 0 unspecified atom stereocenters. The highest BCUT2D eigenvalue weighted by Gasteiger charge is 2.24. The van der Waals surface area contributed by atoms with Crippen molar-refractivity contribution in [2.75, 3.05) is 5.75 Å². The number of benzene rings is 1. The molecule has 0 spiro atoms. The van der Waals surface area contributed by atoms with Crippen LogP contribution in [0, 0.1) is 0 Å². The van der Waals surface area contributed by atoms with E-state index >= 15 is 0 Å². The normalized spacial score (nSPS) is 12.5. The second kappa shape index (κ2) is 12.9. The minimum absolute atomic E-state index is 0.0404. The minimum Gasteiger partial charge on any atom is -0.507 e. The molecule has 0 bridgehead atoms. The van der Waals surface area contributed by atoms with Crippen molar-refractivity contribution in [2.24, 2.45) is 0 Å². The van der Waals surface area contributed by atoms with E-state index < -0.39 is 0 Å². The van der Waals surface area contributed by atoms with Gasteiger partial charge in [-0.1, -0.05) is 118 Å². The number of aromatic hydroxyl groups is 1. The summed E-state index contributed by atoms with van der Waals surface area (Å²) in [4.78, 5) is 0. The van der Waals surface area contributed by atoms with Crippen molar-refractivity contribution in [2.45, 2.75) is 129 Å². The average molecular weight is 421 g/mol. The molecule has 29 heavy (non-hydrogen) atoms. The van der Waals surface area contributed by atoms with Crippen LogP contribution in [-0.2, 0) is 16.6 Å². The molecule has 2 heteroatoms. The predicted octanol–water partition coefficient (Wildman–Crippen LogP) is 9.14. The van der Waals surface area contributed by atoms with Gasteiger partial charge in [0.1, 0.15) is 5.75 Å². The largest absolute Gasteiger partial charge is 0.507 e. The van der Waals surface area contributed by atoms with Gasteiger partial charge < -0.3 is 5.11 Å². The Morgan fingerprint density at radius 2 is 1.24 bits per heavy atom. The summed E-state index contributed by atoms with van der Waals surface area (Å²) in [6, 6.07) is 4.45. The molecule has 0 aromatic heterocycles. The van der Waals surface area contributed by atoms with E-state index in [0.29, 0.717) is 5.75 Å². The lowest BCUT2D eigenvalue weighted by atomic mass is 9.79. The van der Waals surface area contributed by atoms with Crippen molar-refractivity contribution in [3.63, 3.8) is 0 Å². The zero-order chi connectivity index (χ0) is 21.9. The first-order valence-electron chi connectivity index (χ1n) is 12.0. The Kier molecular flexibility index (Phi) is 11.8. The van der Waals surface area contributed by atoms with E-state index in [1.54, 1.807) is 0 Å². The summed E-state index contributed by atoms with van der Waals surface area (Å²) < 4.78 is 0. The Bertz CT molecular complexity index is 577. The molecule has 0 atom stereocenters. The highest BCUT2D eigenvalue weighted by molar-refractivity contribution is 7.98. The number of thioether (sulfide) groups is 1. The fraction of sp³-hybridized carbons (Fsp3) is 0.778. The van der Waals surface area contributed by atoms with Gasteiger partial charge in [-0.15, -0.1) is 0 Å². The lowest BCUT2D eigenvalue weighted by molar-refractivity contribution is 0.440. The summed E-state index contributed by atoms with van der Waals surface area (Å²) in [5, 5.41) is 10.9. The molecular weight excluding hydrogens is 372 g/mol. The van der Waals surface area contributed by atoms with Gasteiger partial charge in [0.05, 0.1) is 0 Å². The van der Waals surface area contributed by atoms with E-state index in [4.69, 9.17) is 0 Å². The molecule has 0 fully saturated rings. The van der Waals surface area contributed by atoms with Crippen LogP contribution in [0.25, 0.3) is 0 Å². The first-order valence-corrected chi connectivity index (χ1v) is 13.2. The van der Waals surface area contributed by atoms with Crippen molar-refractivity contribution >= 4 is 11.8 Å². The molecule has 0 amide bonds. The molecule has 0 saturated carbocycles. The third kappa shape index (κ3) is 10.3. The van der Waals surface area contributed by atoms with Crippen molar-refractivity contribution < 1.29 is 5.11 Å². The van der Waals surface area contributed by atoms with Crippen LogP contribution in [0.5, 0.6) is 5.75 Å². The molecule has 0 radical (unpaired) electrons. The predicted molar refractivity (Wildman–Crippen MR) is 134 cm³/mol. The third-order valence-corrected chi connectivity index (χ3v) is 6.86. The number of rotatable bonds is 13. The molecule has 1 N–H and O–H groups in total. The number of hydrogen-bond donors (Lipinski definition) is 1. The van der Waals surface area contributed by atoms with Gasteiger partial charge in [0.15, 0.2) is 0 Å². The zero-order valence-corrected chi connectivity index (χ0v) is 21.3. The van der Waals surface area contributed by atoms with Gasteiger partial charge in [-0.25, -0.2) is 0 Å². The fourth-order valence-corrected chi connectivity index (χ4v) is 4.68. The average Bonchev–Trinajstić information content (AvgIpc) is 2.61. The summed E-state index contributed by atoms with van der Waals surface area (Å²) in [5.41, 5.74) is 3.58. The highest BCUT2D eigenvalue weighted by Crippen LogP contribution is 2.39. The zero-order valence-electron chi connectivity index (χ0n) is 20.5. The van der Waals surface area contributed by atoms with Gasteiger partial charge in [-0.3, -0.25) is 0 Å². The number of hydrogen-bond acceptors (Lipinski definition) is 2. The van der Waals surface area contributed by atoms with Crippen molar-refractivity contribution in [1.29, 1.82) is 0 Å². The maximum atomic E-state index is 10.9. The topological polar surface area (TPSA) is 20.2 Å². The Labute approximate surface area is 186 Å². The van der Waals surface area contributed by atoms with Crippen molar-refractivity contribution in [3.05, 3.63) is 28.8 Å². The maximum Gasteiger partial charge on any atom is 0.123 e. The summed E-state index contributed by atoms with van der Waals surface area (Å²) in [6.45, 7) is 15.6. The van der Waals surface area contributed by atoms with Crippen molar-refractivity contribution in [1.82, 2.24) is 0 Å². The molecular formula is C27H48OS. The van der Waals surface area contributed by atoms with E-state index in [-0.39, 0.29) is 10.8 Å². The van der Waals surface area contributed by atoms with Gasteiger partial charge in [-0.05, 0) is 34.1 Å². The number of phenols is 1. The fourth-order valence-electron chi connectivity index (χ4n) is 3.68. The van der Waals surface area contributed by atoms with E-state index in [1.165, 1.54) is 75.5 Å². The first kappa shape index (κ1) is 26.4. The molecule has 0 aliphatic carbocycles. The molecule has 0 saturated heterocycles. The number of phenolic OH excluding ortho intramolecular Hbond substituents is 1. The van der Waals surface area contributed by atoms with Crippen LogP contribution in [0.4, 0.5) is 0 Å². The summed E-state index contributed by atoms with van der Waals surface area (Å²) >= 11 is 1.98. The Hall–Kier alpha value is -0.630. The van der Waals surface area contributed by atoms with Crippen LogP contribution in [0.2, 0.25) is 0 Å². The standard InChI is InChI=1S/C27H48OS/c1-8-9-10-11-12-13-14-15-16-17-18-29-21-22-19-23(26(2,3)4)20-24(25(22)28)27(5,6)7/h19-20,28H,8-18,21H2,1-7H3. The van der Waals surface area contributed by atoms with Gasteiger partial charge in [0.2, 0.25) is 0 Å². The SMILES string of the molecule is CCCCCCCCCCCCSCc1cc(C(C)(C)C)cc(C(C)(C)C)c1O. The Morgan fingerprint density at radius 3 is 1.72 bits per heavy atom. The molecule has 0 heterocycles. The Morgan fingerprint density at radius 1 is 0.724 bits per heavy atom. The monoisotopic (exact) mass is 420 g/mol. The lowest BCUT2D eigenvalue weighted by Gasteiger charge is -2.27. The van der Waals surface area contributed by atoms with E-state index in [9.17, 15) is 5.11 Å². The third-order valence-electron chi connectivity index (χ3n) is 5.76. The molecule has 168 valence electrons. The lowest BCUT2D eigenvalue weighted by Crippen LogP contribution is -2.17. The Balaban J connectivity index is 2.41. The molecule has 1 nitrogen and oxygen atoms in total. The quantitative estimate of drug-likeness (QED) is 0.321. The van der Waals surface area contributed by atoms with Crippen LogP contribution in [-0.4, -0.2) is 10.9 Å². The van der Waals surface area contributed by atoms with Crippen LogP contribution in [0.15, 0.2) is 12.1 Å². The van der Waals surface area contributed by atoms with Gasteiger partial charge >= 0.3 is 0 Å². The summed E-state index contributed by atoms with van der Waals surface area (Å²) in [7, 11) is 0. The van der Waals surface area contributed by atoms with Gasteiger partial charge in [0, 0.05) is 11.3 Å². The van der Waals surface area contributed by atoms with E-state index in [2.05, 4.69) is 60.6 Å². The smallest absolute Gasteiger partial charge is 0.123 e. The van der Waals surface area contributed by atoms with Crippen LogP contribution >= 0.6 is 11.8 Å². The first-order chi connectivity index (χ1) is 13.6. The second-order valence-corrected chi connectivity index (χ2v) is 11.9. The highest BCUT2D eigenvalue weighted by atomic mass is 32.2. The molecule has 1 aromatic rings. The number of unbranched alkanes of at least 4 members (excludes halogenated alkanes) is 9. The van der Waals surface area contributed by atoms with E-state index in [0.717, 1.165) is 16.9 Å². The molecule has 1 aromatic carbocycles. The minimum atomic E-state index is -0.0404. The van der Waals surface area contributed by atoms with Crippen LogP contribution in [0.3, 0.4) is 0 Å². The van der Waals surface area contributed by atoms with Crippen molar-refractivity contribution in [3.8, 4) is 5.75 Å². The molecule has 1 rings (SSSR count). The molecule has 0 aliphatic heterocycles. The molecule has 0 aliphatic rings. The second-order valence-electron chi connectivity index (χ2n) is 10.8. The van der Waals surface area contributed by atoms with Gasteiger partial charge in [0.25, 0.3) is 0 Å². The summed E-state index contributed by atoms with van der Waals surface area (Å²) in [5.74, 6) is 2.62. The summed E-state index contributed by atoms with van der Waals surface area (Å²) in [6.07, 6.45) is 13.9.